The van der Waals surface area contributed by atoms with Gasteiger partial charge in [0.25, 0.3) is 0 Å². The normalized spacial score (nSPS) is 12.9. The summed E-state index contributed by atoms with van der Waals surface area (Å²) in [5.74, 6) is -0.925. The topological polar surface area (TPSA) is 78.9 Å². The Morgan fingerprint density at radius 3 is 0.849 bits per heavy atom. The van der Waals surface area contributed by atoms with Crippen molar-refractivity contribution in [3.8, 4) is 0 Å². The third kappa shape index (κ3) is 58.8. The number of allylic oxidation sites excluding steroid dienone is 18. The predicted octanol–water partition coefficient (Wildman–Crippen LogP) is 20.7. The fraction of sp³-hybridized carbons (Fsp3) is 0.687. The van der Waals surface area contributed by atoms with Crippen molar-refractivity contribution in [2.75, 3.05) is 13.2 Å². The zero-order valence-electron chi connectivity index (χ0n) is 47.6. The van der Waals surface area contributed by atoms with Gasteiger partial charge >= 0.3 is 17.9 Å². The molecule has 0 radical (unpaired) electrons. The Labute approximate surface area is 450 Å². The predicted molar refractivity (Wildman–Crippen MR) is 316 cm³/mol. The largest absolute Gasteiger partial charge is 0.462 e. The molecule has 1 atom stereocenters. The molecule has 1 unspecified atom stereocenters. The van der Waals surface area contributed by atoms with E-state index in [9.17, 15) is 14.4 Å². The quantitative estimate of drug-likeness (QED) is 0.0261. The van der Waals surface area contributed by atoms with Gasteiger partial charge in [-0.3, -0.25) is 14.4 Å². The smallest absolute Gasteiger partial charge is 0.306 e. The number of carbonyl (C=O) groups excluding carboxylic acids is 3. The maximum Gasteiger partial charge on any atom is 0.306 e. The van der Waals surface area contributed by atoms with E-state index in [-0.39, 0.29) is 31.1 Å². The van der Waals surface area contributed by atoms with E-state index in [2.05, 4.69) is 130 Å². The molecule has 0 aromatic carbocycles. The highest BCUT2D eigenvalue weighted by Gasteiger charge is 2.19. The van der Waals surface area contributed by atoms with Crippen molar-refractivity contribution in [1.29, 1.82) is 0 Å². The average Bonchev–Trinajstić information content (AvgIpc) is 3.39. The highest BCUT2D eigenvalue weighted by atomic mass is 16.6. The minimum absolute atomic E-state index is 0.0937. The average molecular weight is 1010 g/mol. The van der Waals surface area contributed by atoms with E-state index >= 15 is 0 Å². The van der Waals surface area contributed by atoms with E-state index in [1.807, 2.05) is 0 Å². The number of rotatable bonds is 54. The van der Waals surface area contributed by atoms with E-state index in [1.165, 1.54) is 109 Å². The van der Waals surface area contributed by atoms with Crippen molar-refractivity contribution in [3.05, 3.63) is 109 Å². The van der Waals surface area contributed by atoms with E-state index in [4.69, 9.17) is 14.2 Å². The second kappa shape index (κ2) is 60.6. The van der Waals surface area contributed by atoms with Crippen molar-refractivity contribution in [3.63, 3.8) is 0 Å². The lowest BCUT2D eigenvalue weighted by Gasteiger charge is -2.18. The van der Waals surface area contributed by atoms with Crippen LogP contribution < -0.4 is 0 Å². The zero-order valence-corrected chi connectivity index (χ0v) is 47.6. The van der Waals surface area contributed by atoms with Gasteiger partial charge in [0.15, 0.2) is 6.10 Å². The van der Waals surface area contributed by atoms with Crippen molar-refractivity contribution >= 4 is 17.9 Å². The number of carbonyl (C=O) groups is 3. The standard InChI is InChI=1S/C67H112O6/c1-4-7-10-13-16-19-22-25-28-31-32-33-34-37-39-42-45-48-51-54-57-60-66(69)72-63-64(73-67(70)61-58-55-52-49-46-43-40-36-30-27-24-21-18-15-12-9-6-3)62-71-65(68)59-56-53-50-47-44-41-38-35-29-26-23-20-17-14-11-8-5-2/h7,9-10,12,16,18-19,21,25-30,32-33,40,43,64H,4-6,8,11,13-15,17,20,22-24,31,34-39,41-42,44-63H2,1-3H3/b10-7-,12-9-,19-16-,21-18-,28-25-,29-26-,30-27-,33-32-,43-40-. The summed E-state index contributed by atoms with van der Waals surface area (Å²) in [6, 6.07) is 0. The van der Waals surface area contributed by atoms with Crippen LogP contribution >= 0.6 is 0 Å². The van der Waals surface area contributed by atoms with Gasteiger partial charge in [-0.25, -0.2) is 0 Å². The highest BCUT2D eigenvalue weighted by molar-refractivity contribution is 5.71. The Balaban J connectivity index is 4.44. The summed E-state index contributed by atoms with van der Waals surface area (Å²) in [7, 11) is 0. The summed E-state index contributed by atoms with van der Waals surface area (Å²) in [5, 5.41) is 0. The van der Waals surface area contributed by atoms with E-state index in [0.29, 0.717) is 19.3 Å². The number of unbranched alkanes of at least 4 members (excludes halogenated alkanes) is 25. The van der Waals surface area contributed by atoms with Crippen LogP contribution in [0.25, 0.3) is 0 Å². The Hall–Kier alpha value is -3.93. The van der Waals surface area contributed by atoms with Gasteiger partial charge in [0.2, 0.25) is 0 Å². The number of hydrogen-bond donors (Lipinski definition) is 0. The molecule has 0 bridgehead atoms. The lowest BCUT2D eigenvalue weighted by atomic mass is 10.1. The molecule has 0 spiro atoms. The molecule has 0 N–H and O–H groups in total. The first-order chi connectivity index (χ1) is 36.0. The van der Waals surface area contributed by atoms with Crippen LogP contribution in [0, 0.1) is 0 Å². The molecule has 0 saturated heterocycles. The molecule has 0 amide bonds. The molecule has 6 heteroatoms. The maximum atomic E-state index is 12.9. The summed E-state index contributed by atoms with van der Waals surface area (Å²) in [4.78, 5) is 38.3. The molecule has 0 aliphatic heterocycles. The Bertz CT molecular complexity index is 1490. The Morgan fingerprint density at radius 2 is 0.534 bits per heavy atom. The zero-order chi connectivity index (χ0) is 52.9. The van der Waals surface area contributed by atoms with Crippen LogP contribution in [0.4, 0.5) is 0 Å². The molecule has 416 valence electrons. The van der Waals surface area contributed by atoms with Gasteiger partial charge in [-0.15, -0.1) is 0 Å². The number of hydrogen-bond acceptors (Lipinski definition) is 6. The van der Waals surface area contributed by atoms with Gasteiger partial charge < -0.3 is 14.2 Å². The number of esters is 3. The van der Waals surface area contributed by atoms with Gasteiger partial charge in [-0.1, -0.05) is 246 Å². The minimum Gasteiger partial charge on any atom is -0.462 e. The van der Waals surface area contributed by atoms with Gasteiger partial charge in [-0.05, 0) is 122 Å². The van der Waals surface area contributed by atoms with Crippen LogP contribution in [-0.4, -0.2) is 37.2 Å². The molecular weight excluding hydrogens is 901 g/mol. The third-order valence-corrected chi connectivity index (χ3v) is 12.7. The molecule has 0 heterocycles. The second-order valence-corrected chi connectivity index (χ2v) is 19.8. The molecule has 0 aliphatic rings. The second-order valence-electron chi connectivity index (χ2n) is 19.8. The molecule has 0 fully saturated rings. The lowest BCUT2D eigenvalue weighted by molar-refractivity contribution is -0.167. The highest BCUT2D eigenvalue weighted by Crippen LogP contribution is 2.15. The van der Waals surface area contributed by atoms with Crippen LogP contribution in [0.2, 0.25) is 0 Å². The SMILES string of the molecule is CC/C=C\C/C=C\C/C=C\C/C=C\CCCCCCCCCCC(=O)OCC(COC(=O)CCCCCCCCC/C=C\CCCCCCCC)OC(=O)CCCCCC/C=C\C/C=C\C/C=C\C/C=C\CC. The first-order valence-corrected chi connectivity index (χ1v) is 30.4. The van der Waals surface area contributed by atoms with E-state index in [1.54, 1.807) is 0 Å². The Morgan fingerprint density at radius 1 is 0.288 bits per heavy atom. The van der Waals surface area contributed by atoms with Crippen molar-refractivity contribution < 1.29 is 28.6 Å². The molecule has 0 saturated carbocycles. The van der Waals surface area contributed by atoms with Gasteiger partial charge in [0.1, 0.15) is 13.2 Å². The maximum absolute atomic E-state index is 12.9. The van der Waals surface area contributed by atoms with Crippen LogP contribution in [0.15, 0.2) is 109 Å². The molecule has 73 heavy (non-hydrogen) atoms. The third-order valence-electron chi connectivity index (χ3n) is 12.7. The van der Waals surface area contributed by atoms with Crippen LogP contribution in [0.5, 0.6) is 0 Å². The van der Waals surface area contributed by atoms with Crippen LogP contribution in [-0.2, 0) is 28.6 Å². The molecule has 0 aromatic heterocycles. The van der Waals surface area contributed by atoms with Crippen molar-refractivity contribution in [2.45, 2.75) is 284 Å². The van der Waals surface area contributed by atoms with Crippen LogP contribution in [0.3, 0.4) is 0 Å². The van der Waals surface area contributed by atoms with Gasteiger partial charge in [0.05, 0.1) is 0 Å². The van der Waals surface area contributed by atoms with E-state index in [0.717, 1.165) is 128 Å². The molecular formula is C67H112O6. The minimum atomic E-state index is -0.799. The molecule has 6 nitrogen and oxygen atoms in total. The fourth-order valence-corrected chi connectivity index (χ4v) is 8.24. The lowest BCUT2D eigenvalue weighted by Crippen LogP contribution is -2.30. The van der Waals surface area contributed by atoms with E-state index < -0.39 is 6.10 Å². The van der Waals surface area contributed by atoms with Crippen molar-refractivity contribution in [2.24, 2.45) is 0 Å². The fourth-order valence-electron chi connectivity index (χ4n) is 8.24. The first-order valence-electron chi connectivity index (χ1n) is 30.4. The summed E-state index contributed by atoms with van der Waals surface area (Å²) in [6.45, 7) is 6.39. The molecule has 0 rings (SSSR count). The summed E-state index contributed by atoms with van der Waals surface area (Å²) in [5.41, 5.74) is 0. The van der Waals surface area contributed by atoms with Gasteiger partial charge in [0, 0.05) is 19.3 Å². The van der Waals surface area contributed by atoms with Gasteiger partial charge in [-0.2, -0.15) is 0 Å². The Kier molecular flexibility index (Phi) is 57.4. The summed E-state index contributed by atoms with van der Waals surface area (Å²) >= 11 is 0. The van der Waals surface area contributed by atoms with Crippen LogP contribution in [0.1, 0.15) is 278 Å². The summed E-state index contributed by atoms with van der Waals surface area (Å²) in [6.07, 6.45) is 82.2. The van der Waals surface area contributed by atoms with Crippen molar-refractivity contribution in [1.82, 2.24) is 0 Å². The first kappa shape index (κ1) is 69.1. The molecule has 0 aliphatic carbocycles. The summed E-state index contributed by atoms with van der Waals surface area (Å²) < 4.78 is 16.9. The molecule has 0 aromatic rings. The number of ether oxygens (including phenoxy) is 3. The monoisotopic (exact) mass is 1010 g/mol.